The molecule has 3 aromatic rings. The summed E-state index contributed by atoms with van der Waals surface area (Å²) in [6, 6.07) is 6.77. The summed E-state index contributed by atoms with van der Waals surface area (Å²) in [5.74, 6) is 1.09. The zero-order chi connectivity index (χ0) is 22.7. The van der Waals surface area contributed by atoms with E-state index in [1.165, 1.54) is 23.5 Å². The van der Waals surface area contributed by atoms with Crippen LogP contribution in [0.5, 0.6) is 11.5 Å². The number of halogens is 1. The molecule has 0 radical (unpaired) electrons. The van der Waals surface area contributed by atoms with Gasteiger partial charge in [-0.05, 0) is 25.2 Å². The van der Waals surface area contributed by atoms with Crippen LogP contribution in [0.25, 0.3) is 16.3 Å². The lowest BCUT2D eigenvalue weighted by Crippen LogP contribution is -2.38. The van der Waals surface area contributed by atoms with E-state index in [9.17, 15) is 14.9 Å². The summed E-state index contributed by atoms with van der Waals surface area (Å²) in [6.45, 7) is 7.30. The molecule has 0 aliphatic carbocycles. The number of benzene rings is 1. The van der Waals surface area contributed by atoms with Crippen molar-refractivity contribution in [3.8, 4) is 11.5 Å². The van der Waals surface area contributed by atoms with Gasteiger partial charge in [0.2, 0.25) is 6.79 Å². The second-order valence-corrected chi connectivity index (χ2v) is 9.06. The average molecular weight is 511 g/mol. The van der Waals surface area contributed by atoms with Crippen molar-refractivity contribution in [3.63, 3.8) is 0 Å². The molecule has 0 saturated carbocycles. The van der Waals surface area contributed by atoms with Crippen molar-refractivity contribution in [2.75, 3.05) is 37.9 Å². The predicted molar refractivity (Wildman–Crippen MR) is 133 cm³/mol. The number of rotatable bonds is 9. The predicted octanol–water partition coefficient (Wildman–Crippen LogP) is 4.80. The summed E-state index contributed by atoms with van der Waals surface area (Å²) in [7, 11) is 0. The molecule has 0 spiro atoms. The number of aromatic nitrogens is 1. The molecule has 33 heavy (non-hydrogen) atoms. The fraction of sp³-hybridized carbons (Fsp3) is 0.333. The third kappa shape index (κ3) is 5.61. The minimum atomic E-state index is -0.438. The normalized spacial score (nSPS) is 12.5. The molecule has 1 aliphatic rings. The largest absolute Gasteiger partial charge is 0.454 e. The maximum atomic E-state index is 13.1. The van der Waals surface area contributed by atoms with Gasteiger partial charge in [0.25, 0.3) is 5.91 Å². The molecule has 0 fully saturated rings. The van der Waals surface area contributed by atoms with Gasteiger partial charge in [0.1, 0.15) is 0 Å². The quantitative estimate of drug-likeness (QED) is 0.231. The van der Waals surface area contributed by atoms with Crippen LogP contribution in [-0.4, -0.2) is 53.7 Å². The minimum absolute atomic E-state index is 0. The highest BCUT2D eigenvalue weighted by Gasteiger charge is 2.22. The molecule has 3 heterocycles. The molecule has 1 aliphatic heterocycles. The number of nitro groups is 1. The first-order valence-corrected chi connectivity index (χ1v) is 11.8. The first-order valence-electron chi connectivity index (χ1n) is 10.1. The maximum absolute atomic E-state index is 13.1. The van der Waals surface area contributed by atoms with Crippen LogP contribution in [0.4, 0.5) is 10.1 Å². The van der Waals surface area contributed by atoms with Crippen LogP contribution < -0.4 is 14.4 Å². The number of nitrogens with zero attached hydrogens (tertiary/aromatic N) is 4. The number of likely N-dealkylation sites (N-methyl/N-ethyl adjacent to an activating group) is 1. The Morgan fingerprint density at radius 2 is 1.91 bits per heavy atom. The molecule has 4 rings (SSSR count). The number of thiophene rings is 1. The third-order valence-electron chi connectivity index (χ3n) is 5.09. The van der Waals surface area contributed by atoms with E-state index >= 15 is 0 Å². The van der Waals surface area contributed by atoms with E-state index in [0.29, 0.717) is 34.6 Å². The number of ether oxygens (including phenoxy) is 2. The number of carbonyl (C=O) groups is 1. The van der Waals surface area contributed by atoms with Crippen LogP contribution in [0.15, 0.2) is 30.3 Å². The SMILES string of the molecule is CCN(CC)CCN(C(=O)C=Cc1ccc([N+](=O)[O-])s1)c1nc2cc3c(cc2s1)OCO3.Cl. The molecule has 9 nitrogen and oxygen atoms in total. The summed E-state index contributed by atoms with van der Waals surface area (Å²) in [5, 5.41) is 11.5. The topological polar surface area (TPSA) is 98.0 Å². The lowest BCUT2D eigenvalue weighted by Gasteiger charge is -2.23. The molecule has 1 aromatic carbocycles. The van der Waals surface area contributed by atoms with Gasteiger partial charge in [-0.15, -0.1) is 12.4 Å². The minimum Gasteiger partial charge on any atom is -0.454 e. The monoisotopic (exact) mass is 510 g/mol. The van der Waals surface area contributed by atoms with Crippen molar-refractivity contribution < 1.29 is 19.2 Å². The Balaban J connectivity index is 0.00000306. The highest BCUT2D eigenvalue weighted by Crippen LogP contribution is 2.39. The highest BCUT2D eigenvalue weighted by atomic mass is 35.5. The van der Waals surface area contributed by atoms with Crippen LogP contribution in [0.2, 0.25) is 0 Å². The van der Waals surface area contributed by atoms with E-state index in [1.807, 2.05) is 12.1 Å². The molecule has 0 bridgehead atoms. The highest BCUT2D eigenvalue weighted by molar-refractivity contribution is 7.22. The summed E-state index contributed by atoms with van der Waals surface area (Å²) in [6.07, 6.45) is 3.05. The average Bonchev–Trinajstić information content (AvgIpc) is 3.52. The Kier molecular flexibility index (Phi) is 8.25. The fourth-order valence-corrected chi connectivity index (χ4v) is 5.01. The van der Waals surface area contributed by atoms with E-state index in [4.69, 9.17) is 9.47 Å². The van der Waals surface area contributed by atoms with Crippen LogP contribution >= 0.6 is 35.1 Å². The molecule has 0 atom stereocenters. The van der Waals surface area contributed by atoms with E-state index < -0.39 is 4.92 Å². The van der Waals surface area contributed by atoms with Gasteiger partial charge in [0.05, 0.1) is 15.1 Å². The van der Waals surface area contributed by atoms with Crippen molar-refractivity contribution in [2.45, 2.75) is 13.8 Å². The molecule has 0 saturated heterocycles. The lowest BCUT2D eigenvalue weighted by molar-refractivity contribution is -0.380. The number of thiazole rings is 1. The second kappa shape index (κ2) is 10.9. The molecule has 12 heteroatoms. The summed E-state index contributed by atoms with van der Waals surface area (Å²) < 4.78 is 11.8. The summed E-state index contributed by atoms with van der Waals surface area (Å²) in [4.78, 5) is 32.8. The molecular formula is C21H23ClN4O5S2. The van der Waals surface area contributed by atoms with Crippen molar-refractivity contribution in [2.24, 2.45) is 0 Å². The van der Waals surface area contributed by atoms with E-state index in [2.05, 4.69) is 23.7 Å². The van der Waals surface area contributed by atoms with Crippen LogP contribution in [0.1, 0.15) is 18.7 Å². The zero-order valence-electron chi connectivity index (χ0n) is 18.1. The van der Waals surface area contributed by atoms with Gasteiger partial charge in [0, 0.05) is 42.2 Å². The second-order valence-electron chi connectivity index (χ2n) is 6.95. The number of hydrogen-bond acceptors (Lipinski definition) is 9. The lowest BCUT2D eigenvalue weighted by atomic mass is 10.3. The van der Waals surface area contributed by atoms with E-state index in [1.54, 1.807) is 17.0 Å². The van der Waals surface area contributed by atoms with E-state index in [-0.39, 0.29) is 30.1 Å². The Labute approximate surface area is 204 Å². The number of carbonyl (C=O) groups excluding carboxylic acids is 1. The van der Waals surface area contributed by atoms with Gasteiger partial charge in [0.15, 0.2) is 16.6 Å². The number of hydrogen-bond donors (Lipinski definition) is 0. The zero-order valence-corrected chi connectivity index (χ0v) is 20.5. The molecule has 1 amide bonds. The smallest absolute Gasteiger partial charge is 0.324 e. The Morgan fingerprint density at radius 1 is 1.18 bits per heavy atom. The number of amides is 1. The first kappa shape index (κ1) is 24.9. The van der Waals surface area contributed by atoms with Gasteiger partial charge in [-0.25, -0.2) is 4.98 Å². The number of anilines is 1. The van der Waals surface area contributed by atoms with Crippen molar-refractivity contribution in [1.29, 1.82) is 0 Å². The molecule has 0 N–H and O–H groups in total. The van der Waals surface area contributed by atoms with Crippen molar-refractivity contribution in [3.05, 3.63) is 45.3 Å². The van der Waals surface area contributed by atoms with E-state index in [0.717, 1.165) is 34.6 Å². The van der Waals surface area contributed by atoms with Crippen LogP contribution in [0, 0.1) is 10.1 Å². The molecular weight excluding hydrogens is 488 g/mol. The van der Waals surface area contributed by atoms with Crippen LogP contribution in [-0.2, 0) is 4.79 Å². The third-order valence-corrected chi connectivity index (χ3v) is 7.13. The van der Waals surface area contributed by atoms with Crippen LogP contribution in [0.3, 0.4) is 0 Å². The summed E-state index contributed by atoms with van der Waals surface area (Å²) in [5.41, 5.74) is 0.743. The summed E-state index contributed by atoms with van der Waals surface area (Å²) >= 11 is 2.44. The van der Waals surface area contributed by atoms with Gasteiger partial charge in [-0.3, -0.25) is 19.8 Å². The number of fused-ring (bicyclic) bond motifs is 2. The molecule has 176 valence electrons. The maximum Gasteiger partial charge on any atom is 0.324 e. The van der Waals surface area contributed by atoms with Gasteiger partial charge in [-0.2, -0.15) is 0 Å². The molecule has 0 unspecified atom stereocenters. The van der Waals surface area contributed by atoms with Gasteiger partial charge < -0.3 is 14.4 Å². The van der Waals surface area contributed by atoms with Crippen molar-refractivity contribution in [1.82, 2.24) is 9.88 Å². The molecule has 2 aromatic heterocycles. The Morgan fingerprint density at radius 3 is 2.58 bits per heavy atom. The van der Waals surface area contributed by atoms with Gasteiger partial charge >= 0.3 is 5.00 Å². The standard InChI is InChI=1S/C21H22N4O5S2.ClH/c1-3-23(4-2)9-10-24(19(26)7-5-14-6-8-20(31-14)25(27)28)21-22-15-11-16-17(30-13-29-16)12-18(15)32-21;/h5-8,11-12H,3-4,9-10,13H2,1-2H3;1H. The van der Waals surface area contributed by atoms with Gasteiger partial charge in [-0.1, -0.05) is 36.5 Å². The first-order chi connectivity index (χ1) is 15.5. The fourth-order valence-electron chi connectivity index (χ4n) is 3.28. The Bertz CT molecular complexity index is 1130. The van der Waals surface area contributed by atoms with Crippen molar-refractivity contribution >= 4 is 67.4 Å². The Hall–Kier alpha value is -2.73.